The van der Waals surface area contributed by atoms with Crippen molar-refractivity contribution in [2.24, 2.45) is 0 Å². The topological polar surface area (TPSA) is 121 Å². The number of aliphatic hydroxyl groups excluding tert-OH is 1. The lowest BCUT2D eigenvalue weighted by Gasteiger charge is -2.36. The van der Waals surface area contributed by atoms with Gasteiger partial charge < -0.3 is 29.7 Å². The summed E-state index contributed by atoms with van der Waals surface area (Å²) >= 11 is 0. The number of rotatable bonds is 12. The maximum atomic E-state index is 12.3. The van der Waals surface area contributed by atoms with Crippen molar-refractivity contribution in [2.45, 2.75) is 84.4 Å². The molecule has 5 rings (SSSR count). The molecule has 0 unspecified atom stereocenters. The molecule has 2 aliphatic heterocycles. The van der Waals surface area contributed by atoms with Crippen LogP contribution in [0, 0.1) is 0 Å². The molecule has 3 aromatic heterocycles. The summed E-state index contributed by atoms with van der Waals surface area (Å²) in [5.41, 5.74) is 2.55. The summed E-state index contributed by atoms with van der Waals surface area (Å²) in [6.45, 7) is 14.1. The second kappa shape index (κ2) is 15.1. The summed E-state index contributed by atoms with van der Waals surface area (Å²) in [7, 11) is 0. The van der Waals surface area contributed by atoms with Gasteiger partial charge >= 0.3 is 6.09 Å². The number of aromatic nitrogens is 4. The number of carbonyl (C=O) groups excluding carboxylic acids is 1. The standard InChI is InChI=1S/C33H50N8O4/c1-5-26-24-36-41-28(21-29(37-31(26)41)40-14-7-6-9-27(40)12-19-42)34-22-25-10-11-30(35-23-25)44-20-8-13-38-15-17-39(18-16-38)32(43)45-33(2,3)4/h10-11,21,23-24,27,34,42H,5-9,12-20,22H2,1-4H3/t27-/m0/s1. The predicted octanol–water partition coefficient (Wildman–Crippen LogP) is 4.36. The molecule has 0 saturated carbocycles. The van der Waals surface area contributed by atoms with Gasteiger partial charge in [-0.05, 0) is 64.9 Å². The molecule has 2 fully saturated rings. The Bertz CT molecular complexity index is 1380. The van der Waals surface area contributed by atoms with Gasteiger partial charge in [-0.3, -0.25) is 4.90 Å². The number of pyridine rings is 1. The Hall–Kier alpha value is -3.64. The van der Waals surface area contributed by atoms with Crippen LogP contribution in [0.2, 0.25) is 0 Å². The Morgan fingerprint density at radius 1 is 1.11 bits per heavy atom. The first kappa shape index (κ1) is 32.7. The van der Waals surface area contributed by atoms with Crippen LogP contribution in [-0.4, -0.2) is 105 Å². The molecule has 5 heterocycles. The number of carbonyl (C=O) groups is 1. The number of nitrogens with one attached hydrogen (secondary N) is 1. The van der Waals surface area contributed by atoms with Crippen molar-refractivity contribution >= 4 is 23.4 Å². The minimum atomic E-state index is -0.470. The van der Waals surface area contributed by atoms with E-state index in [1.54, 1.807) is 4.90 Å². The molecule has 1 atom stereocenters. The van der Waals surface area contributed by atoms with Crippen molar-refractivity contribution in [3.05, 3.63) is 41.7 Å². The summed E-state index contributed by atoms with van der Waals surface area (Å²) in [5, 5.41) is 17.8. The highest BCUT2D eigenvalue weighted by Crippen LogP contribution is 2.29. The zero-order valence-electron chi connectivity index (χ0n) is 27.4. The first-order chi connectivity index (χ1) is 21.7. The average Bonchev–Trinajstić information content (AvgIpc) is 3.46. The van der Waals surface area contributed by atoms with E-state index in [1.807, 2.05) is 49.8 Å². The molecular formula is C33H50N8O4. The van der Waals surface area contributed by atoms with E-state index >= 15 is 0 Å². The molecule has 0 aliphatic carbocycles. The summed E-state index contributed by atoms with van der Waals surface area (Å²) in [5.74, 6) is 2.43. The lowest BCUT2D eigenvalue weighted by molar-refractivity contribution is 0.0142. The lowest BCUT2D eigenvalue weighted by Crippen LogP contribution is -2.50. The summed E-state index contributed by atoms with van der Waals surface area (Å²) in [6.07, 6.45) is 9.40. The fourth-order valence-corrected chi connectivity index (χ4v) is 6.01. The van der Waals surface area contributed by atoms with E-state index < -0.39 is 5.60 Å². The number of anilines is 2. The first-order valence-electron chi connectivity index (χ1n) is 16.5. The van der Waals surface area contributed by atoms with E-state index in [0.717, 1.165) is 86.7 Å². The van der Waals surface area contributed by atoms with Crippen LogP contribution >= 0.6 is 0 Å². The number of piperidine rings is 1. The third-order valence-corrected chi connectivity index (χ3v) is 8.46. The number of amides is 1. The Morgan fingerprint density at radius 3 is 2.64 bits per heavy atom. The molecule has 0 bridgehead atoms. The van der Waals surface area contributed by atoms with E-state index in [0.29, 0.717) is 38.2 Å². The van der Waals surface area contributed by atoms with Crippen molar-refractivity contribution in [1.82, 2.24) is 29.4 Å². The maximum Gasteiger partial charge on any atom is 0.410 e. The third-order valence-electron chi connectivity index (χ3n) is 8.46. The van der Waals surface area contributed by atoms with Gasteiger partial charge in [0.25, 0.3) is 0 Å². The summed E-state index contributed by atoms with van der Waals surface area (Å²) in [6, 6.07) is 6.33. The van der Waals surface area contributed by atoms with E-state index in [2.05, 4.69) is 38.2 Å². The van der Waals surface area contributed by atoms with Gasteiger partial charge in [0.2, 0.25) is 5.88 Å². The second-order valence-electron chi connectivity index (χ2n) is 13.0. The summed E-state index contributed by atoms with van der Waals surface area (Å²) in [4.78, 5) is 28.3. The van der Waals surface area contributed by atoms with Crippen LogP contribution in [0.25, 0.3) is 5.65 Å². The highest BCUT2D eigenvalue weighted by atomic mass is 16.6. The van der Waals surface area contributed by atoms with Crippen LogP contribution in [0.3, 0.4) is 0 Å². The number of hydrogen-bond donors (Lipinski definition) is 2. The normalized spacial score (nSPS) is 17.9. The zero-order chi connectivity index (χ0) is 31.8. The highest BCUT2D eigenvalue weighted by molar-refractivity contribution is 5.68. The van der Waals surface area contributed by atoms with Crippen LogP contribution in [0.15, 0.2) is 30.6 Å². The number of fused-ring (bicyclic) bond motifs is 1. The molecule has 0 radical (unpaired) electrons. The molecule has 1 amide bonds. The van der Waals surface area contributed by atoms with Crippen LogP contribution in [0.5, 0.6) is 5.88 Å². The van der Waals surface area contributed by atoms with Gasteiger partial charge in [-0.25, -0.2) is 14.8 Å². The number of aryl methyl sites for hydroxylation is 1. The monoisotopic (exact) mass is 622 g/mol. The van der Waals surface area contributed by atoms with Gasteiger partial charge in [0.1, 0.15) is 17.2 Å². The molecule has 12 nitrogen and oxygen atoms in total. The first-order valence-corrected chi connectivity index (χ1v) is 16.5. The number of hydrogen-bond acceptors (Lipinski definition) is 10. The van der Waals surface area contributed by atoms with Gasteiger partial charge in [-0.15, -0.1) is 0 Å². The lowest BCUT2D eigenvalue weighted by atomic mass is 9.99. The van der Waals surface area contributed by atoms with E-state index in [9.17, 15) is 9.90 Å². The Morgan fingerprint density at radius 2 is 1.93 bits per heavy atom. The van der Waals surface area contributed by atoms with Crippen molar-refractivity contribution in [1.29, 1.82) is 0 Å². The van der Waals surface area contributed by atoms with Crippen LogP contribution in [-0.2, 0) is 17.7 Å². The van der Waals surface area contributed by atoms with Crippen molar-refractivity contribution in [3.8, 4) is 5.88 Å². The van der Waals surface area contributed by atoms with E-state index in [1.165, 1.54) is 6.42 Å². The van der Waals surface area contributed by atoms with Gasteiger partial charge in [0.05, 0.1) is 12.8 Å². The Balaban J connectivity index is 1.11. The number of ether oxygens (including phenoxy) is 2. The number of nitrogens with zero attached hydrogens (tertiary/aromatic N) is 7. The minimum absolute atomic E-state index is 0.183. The summed E-state index contributed by atoms with van der Waals surface area (Å²) < 4.78 is 13.3. The van der Waals surface area contributed by atoms with Gasteiger partial charge in [-0.2, -0.15) is 9.61 Å². The average molecular weight is 623 g/mol. The van der Waals surface area contributed by atoms with Crippen molar-refractivity contribution < 1.29 is 19.4 Å². The second-order valence-corrected chi connectivity index (χ2v) is 13.0. The van der Waals surface area contributed by atoms with Crippen molar-refractivity contribution in [3.63, 3.8) is 0 Å². The smallest absolute Gasteiger partial charge is 0.410 e. The number of aliphatic hydroxyl groups is 1. The molecule has 246 valence electrons. The molecule has 3 aromatic rings. The molecule has 45 heavy (non-hydrogen) atoms. The molecule has 0 spiro atoms. The van der Waals surface area contributed by atoms with Crippen LogP contribution < -0.4 is 15.0 Å². The Kier molecular flexibility index (Phi) is 11.0. The van der Waals surface area contributed by atoms with E-state index in [-0.39, 0.29) is 12.7 Å². The fraction of sp³-hybridized carbons (Fsp3) is 0.636. The Labute approximate surface area is 266 Å². The molecule has 2 aliphatic rings. The van der Waals surface area contributed by atoms with Crippen molar-refractivity contribution in [2.75, 3.05) is 62.7 Å². The number of piperazine rings is 1. The third kappa shape index (κ3) is 8.76. The molecule has 0 aromatic carbocycles. The highest BCUT2D eigenvalue weighted by Gasteiger charge is 2.26. The van der Waals surface area contributed by atoms with Gasteiger partial charge in [0.15, 0.2) is 5.65 Å². The predicted molar refractivity (Wildman–Crippen MR) is 175 cm³/mol. The van der Waals surface area contributed by atoms with Gasteiger partial charge in [-0.1, -0.05) is 13.0 Å². The molecule has 12 heteroatoms. The fourth-order valence-electron chi connectivity index (χ4n) is 6.01. The molecule has 2 saturated heterocycles. The molecule has 2 N–H and O–H groups in total. The zero-order valence-corrected chi connectivity index (χ0v) is 27.4. The maximum absolute atomic E-state index is 12.3. The van der Waals surface area contributed by atoms with Gasteiger partial charge in [0, 0.05) is 82.4 Å². The molecular weight excluding hydrogens is 572 g/mol. The quantitative estimate of drug-likeness (QED) is 0.282. The minimum Gasteiger partial charge on any atom is -0.478 e. The SMILES string of the molecule is CCc1cnn2c(NCc3ccc(OCCCN4CCN(C(=O)OC(C)(C)C)CC4)nc3)cc(N3CCCC[C@H]3CCO)nc12. The largest absolute Gasteiger partial charge is 0.478 e. The van der Waals surface area contributed by atoms with Crippen LogP contribution in [0.1, 0.15) is 70.9 Å². The van der Waals surface area contributed by atoms with Crippen LogP contribution in [0.4, 0.5) is 16.4 Å². The van der Waals surface area contributed by atoms with E-state index in [4.69, 9.17) is 14.5 Å².